The number of hydrogen-bond donors (Lipinski definition) is 2. The molecule has 0 radical (unpaired) electrons. The molecule has 1 aromatic carbocycles. The maximum Gasteiger partial charge on any atom is 0.253 e. The lowest BCUT2D eigenvalue weighted by Crippen LogP contribution is -2.25. The monoisotopic (exact) mass is 248 g/mol. The van der Waals surface area contributed by atoms with Crippen LogP contribution in [0.4, 0.5) is 5.69 Å². The Kier molecular flexibility index (Phi) is 6.26. The fourth-order valence-corrected chi connectivity index (χ4v) is 1.83. The molecule has 0 saturated carbocycles. The number of para-hydroxylation sites is 1. The summed E-state index contributed by atoms with van der Waals surface area (Å²) in [4.78, 5) is 12.0. The van der Waals surface area contributed by atoms with Gasteiger partial charge < -0.3 is 10.6 Å². The zero-order valence-corrected chi connectivity index (χ0v) is 11.6. The molecule has 3 heteroatoms. The van der Waals surface area contributed by atoms with Crippen LogP contribution in [0.1, 0.15) is 44.0 Å². The summed E-state index contributed by atoms with van der Waals surface area (Å²) in [7, 11) is 0. The van der Waals surface area contributed by atoms with Crippen molar-refractivity contribution in [2.24, 2.45) is 5.92 Å². The van der Waals surface area contributed by atoms with Crippen molar-refractivity contribution >= 4 is 11.6 Å². The third kappa shape index (κ3) is 4.78. The highest BCUT2D eigenvalue weighted by molar-refractivity contribution is 5.99. The summed E-state index contributed by atoms with van der Waals surface area (Å²) < 4.78 is 0. The summed E-state index contributed by atoms with van der Waals surface area (Å²) in [6.45, 7) is 7.98. The van der Waals surface area contributed by atoms with Gasteiger partial charge in [0.15, 0.2) is 0 Å². The molecule has 0 atom stereocenters. The number of benzene rings is 1. The number of rotatable bonds is 7. The van der Waals surface area contributed by atoms with E-state index in [0.29, 0.717) is 5.92 Å². The van der Waals surface area contributed by atoms with Crippen molar-refractivity contribution in [1.29, 1.82) is 0 Å². The minimum atomic E-state index is 0.00954. The quantitative estimate of drug-likeness (QED) is 0.727. The molecule has 0 aliphatic rings. The Morgan fingerprint density at radius 2 is 2.00 bits per heavy atom. The molecule has 100 valence electrons. The number of hydrogen-bond acceptors (Lipinski definition) is 2. The number of anilines is 1. The van der Waals surface area contributed by atoms with Crippen LogP contribution in [-0.4, -0.2) is 19.0 Å². The molecule has 3 nitrogen and oxygen atoms in total. The summed E-state index contributed by atoms with van der Waals surface area (Å²) >= 11 is 0. The molecule has 0 fully saturated rings. The van der Waals surface area contributed by atoms with Gasteiger partial charge in [-0.1, -0.05) is 26.0 Å². The molecular weight excluding hydrogens is 224 g/mol. The van der Waals surface area contributed by atoms with E-state index in [0.717, 1.165) is 37.2 Å². The molecule has 0 spiro atoms. The first-order valence-corrected chi connectivity index (χ1v) is 6.76. The molecule has 18 heavy (non-hydrogen) atoms. The minimum absolute atomic E-state index is 0.00954. The Labute approximate surface area is 110 Å². The van der Waals surface area contributed by atoms with E-state index >= 15 is 0 Å². The van der Waals surface area contributed by atoms with Crippen LogP contribution in [0.5, 0.6) is 0 Å². The van der Waals surface area contributed by atoms with Crippen molar-refractivity contribution < 1.29 is 4.79 Å². The third-order valence-corrected chi connectivity index (χ3v) is 2.78. The van der Waals surface area contributed by atoms with E-state index in [-0.39, 0.29) is 5.91 Å². The fraction of sp³-hybridized carbons (Fsp3) is 0.533. The topological polar surface area (TPSA) is 41.1 Å². The smallest absolute Gasteiger partial charge is 0.253 e. The van der Waals surface area contributed by atoms with Gasteiger partial charge in [0.05, 0.1) is 5.56 Å². The van der Waals surface area contributed by atoms with E-state index in [4.69, 9.17) is 0 Å². The Morgan fingerprint density at radius 1 is 1.28 bits per heavy atom. The van der Waals surface area contributed by atoms with Crippen molar-refractivity contribution in [1.82, 2.24) is 5.32 Å². The first-order valence-electron chi connectivity index (χ1n) is 6.76. The maximum absolute atomic E-state index is 12.0. The molecule has 1 amide bonds. The molecule has 0 saturated heterocycles. The average molecular weight is 248 g/mol. The van der Waals surface area contributed by atoms with Crippen LogP contribution in [0.25, 0.3) is 0 Å². The Bertz CT molecular complexity index is 375. The largest absolute Gasteiger partial charge is 0.385 e. The second kappa shape index (κ2) is 7.75. The van der Waals surface area contributed by atoms with Crippen LogP contribution in [0.2, 0.25) is 0 Å². The first kappa shape index (κ1) is 14.6. The zero-order chi connectivity index (χ0) is 13.4. The summed E-state index contributed by atoms with van der Waals surface area (Å²) in [5.74, 6) is 0.700. The maximum atomic E-state index is 12.0. The Balaban J connectivity index is 2.50. The highest BCUT2D eigenvalue weighted by Gasteiger charge is 2.09. The molecular formula is C15H24N2O. The van der Waals surface area contributed by atoms with E-state index in [2.05, 4.69) is 24.5 Å². The highest BCUT2D eigenvalue weighted by Crippen LogP contribution is 2.14. The van der Waals surface area contributed by atoms with Gasteiger partial charge in [-0.2, -0.15) is 0 Å². The number of amides is 1. The SMILES string of the molecule is CCNc1ccccc1C(=O)NCCCC(C)C. The van der Waals surface area contributed by atoms with Crippen molar-refractivity contribution in [2.45, 2.75) is 33.6 Å². The van der Waals surface area contributed by atoms with Crippen LogP contribution in [0, 0.1) is 5.92 Å². The molecule has 1 rings (SSSR count). The van der Waals surface area contributed by atoms with Gasteiger partial charge in [0, 0.05) is 18.8 Å². The Morgan fingerprint density at radius 3 is 2.67 bits per heavy atom. The van der Waals surface area contributed by atoms with Gasteiger partial charge in [0.25, 0.3) is 5.91 Å². The molecule has 2 N–H and O–H groups in total. The van der Waals surface area contributed by atoms with Gasteiger partial charge in [-0.05, 0) is 37.8 Å². The van der Waals surface area contributed by atoms with E-state index in [1.807, 2.05) is 31.2 Å². The van der Waals surface area contributed by atoms with Crippen molar-refractivity contribution in [2.75, 3.05) is 18.4 Å². The van der Waals surface area contributed by atoms with Gasteiger partial charge in [-0.25, -0.2) is 0 Å². The zero-order valence-electron chi connectivity index (χ0n) is 11.6. The van der Waals surface area contributed by atoms with E-state index in [9.17, 15) is 4.79 Å². The summed E-state index contributed by atoms with van der Waals surface area (Å²) in [6, 6.07) is 7.62. The van der Waals surface area contributed by atoms with Crippen LogP contribution < -0.4 is 10.6 Å². The summed E-state index contributed by atoms with van der Waals surface area (Å²) in [5, 5.41) is 6.18. The second-order valence-corrected chi connectivity index (χ2v) is 4.87. The van der Waals surface area contributed by atoms with Gasteiger partial charge in [-0.15, -0.1) is 0 Å². The highest BCUT2D eigenvalue weighted by atomic mass is 16.1. The third-order valence-electron chi connectivity index (χ3n) is 2.78. The molecule has 0 heterocycles. The summed E-state index contributed by atoms with van der Waals surface area (Å²) in [5.41, 5.74) is 1.63. The van der Waals surface area contributed by atoms with Crippen LogP contribution in [0.3, 0.4) is 0 Å². The lowest BCUT2D eigenvalue weighted by molar-refractivity contribution is 0.0953. The van der Waals surface area contributed by atoms with Gasteiger partial charge in [0.1, 0.15) is 0 Å². The van der Waals surface area contributed by atoms with Gasteiger partial charge >= 0.3 is 0 Å². The number of nitrogens with one attached hydrogen (secondary N) is 2. The predicted octanol–water partition coefficient (Wildman–Crippen LogP) is 3.28. The Hall–Kier alpha value is -1.51. The van der Waals surface area contributed by atoms with Crippen molar-refractivity contribution in [3.63, 3.8) is 0 Å². The molecule has 1 aromatic rings. The van der Waals surface area contributed by atoms with Crippen molar-refractivity contribution in [3.05, 3.63) is 29.8 Å². The van der Waals surface area contributed by atoms with Crippen LogP contribution in [-0.2, 0) is 0 Å². The molecule has 0 aliphatic carbocycles. The van der Waals surface area contributed by atoms with Crippen LogP contribution >= 0.6 is 0 Å². The van der Waals surface area contributed by atoms with E-state index < -0.39 is 0 Å². The van der Waals surface area contributed by atoms with Gasteiger partial charge in [-0.3, -0.25) is 4.79 Å². The predicted molar refractivity (Wildman–Crippen MR) is 77.0 cm³/mol. The number of carbonyl (C=O) groups is 1. The average Bonchev–Trinajstić information content (AvgIpc) is 2.35. The molecule has 0 aromatic heterocycles. The fourth-order valence-electron chi connectivity index (χ4n) is 1.83. The lowest BCUT2D eigenvalue weighted by atomic mass is 10.1. The number of carbonyl (C=O) groups excluding carboxylic acids is 1. The van der Waals surface area contributed by atoms with Gasteiger partial charge in [0.2, 0.25) is 0 Å². The normalized spacial score (nSPS) is 10.4. The van der Waals surface area contributed by atoms with Crippen molar-refractivity contribution in [3.8, 4) is 0 Å². The second-order valence-electron chi connectivity index (χ2n) is 4.87. The molecule has 0 aliphatic heterocycles. The minimum Gasteiger partial charge on any atom is -0.385 e. The van der Waals surface area contributed by atoms with Crippen LogP contribution in [0.15, 0.2) is 24.3 Å². The van der Waals surface area contributed by atoms with E-state index in [1.165, 1.54) is 0 Å². The molecule has 0 unspecified atom stereocenters. The first-order chi connectivity index (χ1) is 8.65. The lowest BCUT2D eigenvalue weighted by Gasteiger charge is -2.11. The van der Waals surface area contributed by atoms with E-state index in [1.54, 1.807) is 0 Å². The molecule has 0 bridgehead atoms. The summed E-state index contributed by atoms with van der Waals surface area (Å²) in [6.07, 6.45) is 2.18. The standard InChI is InChI=1S/C15H24N2O/c1-4-16-14-10-6-5-9-13(14)15(18)17-11-7-8-12(2)3/h5-6,9-10,12,16H,4,7-8,11H2,1-3H3,(H,17,18).